The fourth-order valence-electron chi connectivity index (χ4n) is 5.60. The highest BCUT2D eigenvalue weighted by Crippen LogP contribution is 2.36. The summed E-state index contributed by atoms with van der Waals surface area (Å²) in [7, 11) is -3.91. The number of ether oxygens (including phenoxy) is 1. The fourth-order valence-corrected chi connectivity index (χ4v) is 7.12. The minimum Gasteiger partial charge on any atom is -0.472 e. The SMILES string of the molecule is CC[C@@H]1CN(Cc2cc(C(CC(=O)NCC(N)=O)c3ccc4c(nnn4CC)c3C)ccc2C)S(=O)(=O)c2cccnc2O1. The van der Waals surface area contributed by atoms with Gasteiger partial charge in [0.15, 0.2) is 0 Å². The molecular weight excluding hydrogens is 582 g/mol. The summed E-state index contributed by atoms with van der Waals surface area (Å²) in [5.41, 5.74) is 11.2. The number of aromatic nitrogens is 4. The van der Waals surface area contributed by atoms with Crippen LogP contribution in [-0.4, -0.2) is 63.7 Å². The number of carbonyl (C=O) groups excluding carboxylic acids is 2. The number of benzene rings is 2. The second-order valence-corrected chi connectivity index (χ2v) is 12.9. The van der Waals surface area contributed by atoms with Crippen molar-refractivity contribution in [3.8, 4) is 5.88 Å². The van der Waals surface area contributed by atoms with E-state index in [1.165, 1.54) is 16.6 Å². The number of fused-ring (bicyclic) bond motifs is 2. The van der Waals surface area contributed by atoms with E-state index < -0.39 is 21.8 Å². The molecule has 3 N–H and O–H groups in total. The number of nitrogens with zero attached hydrogens (tertiary/aromatic N) is 5. The Morgan fingerprint density at radius 2 is 1.95 bits per heavy atom. The van der Waals surface area contributed by atoms with Gasteiger partial charge in [-0.2, -0.15) is 4.31 Å². The van der Waals surface area contributed by atoms with Crippen molar-refractivity contribution in [2.75, 3.05) is 13.1 Å². The molecule has 44 heavy (non-hydrogen) atoms. The summed E-state index contributed by atoms with van der Waals surface area (Å²) in [5, 5.41) is 11.2. The molecule has 2 atom stereocenters. The van der Waals surface area contributed by atoms with Gasteiger partial charge in [0.25, 0.3) is 0 Å². The maximum absolute atomic E-state index is 13.8. The number of nitrogens with one attached hydrogen (secondary N) is 1. The molecule has 1 aliphatic heterocycles. The Morgan fingerprint density at radius 1 is 1.16 bits per heavy atom. The van der Waals surface area contributed by atoms with Crippen LogP contribution >= 0.6 is 0 Å². The molecule has 0 saturated heterocycles. The van der Waals surface area contributed by atoms with Gasteiger partial charge in [0.2, 0.25) is 27.7 Å². The van der Waals surface area contributed by atoms with Gasteiger partial charge in [0.05, 0.1) is 18.6 Å². The summed E-state index contributed by atoms with van der Waals surface area (Å²) in [6, 6.07) is 12.9. The molecular formula is C31H37N7O5S. The predicted molar refractivity (Wildman–Crippen MR) is 164 cm³/mol. The van der Waals surface area contributed by atoms with Crippen LogP contribution in [0.1, 0.15) is 60.4 Å². The summed E-state index contributed by atoms with van der Waals surface area (Å²) in [5.74, 6) is -1.28. The van der Waals surface area contributed by atoms with Gasteiger partial charge >= 0.3 is 0 Å². The molecule has 12 nitrogen and oxygen atoms in total. The minimum absolute atomic E-state index is 0.0385. The molecule has 5 rings (SSSR count). The van der Waals surface area contributed by atoms with Gasteiger partial charge in [-0.05, 0) is 73.2 Å². The van der Waals surface area contributed by atoms with E-state index in [0.29, 0.717) is 13.0 Å². The first kappa shape index (κ1) is 31.1. The summed E-state index contributed by atoms with van der Waals surface area (Å²) in [6.07, 6.45) is 1.80. The number of nitrogens with two attached hydrogens (primary N) is 1. The summed E-state index contributed by atoms with van der Waals surface area (Å²) < 4.78 is 36.9. The summed E-state index contributed by atoms with van der Waals surface area (Å²) in [6.45, 7) is 8.50. The molecule has 232 valence electrons. The van der Waals surface area contributed by atoms with Crippen LogP contribution in [-0.2, 0) is 32.7 Å². The van der Waals surface area contributed by atoms with Crippen LogP contribution in [0.2, 0.25) is 0 Å². The highest BCUT2D eigenvalue weighted by Gasteiger charge is 2.35. The normalized spacial score (nSPS) is 17.0. The van der Waals surface area contributed by atoms with Crippen molar-refractivity contribution in [2.24, 2.45) is 5.73 Å². The van der Waals surface area contributed by atoms with E-state index in [2.05, 4.69) is 20.6 Å². The number of hydrogen-bond acceptors (Lipinski definition) is 8. The number of sulfonamides is 1. The van der Waals surface area contributed by atoms with Crippen LogP contribution < -0.4 is 15.8 Å². The molecule has 3 heterocycles. The number of carbonyl (C=O) groups is 2. The van der Waals surface area contributed by atoms with Crippen LogP contribution in [0.15, 0.2) is 53.6 Å². The van der Waals surface area contributed by atoms with Gasteiger partial charge < -0.3 is 15.8 Å². The molecule has 1 aliphatic rings. The second kappa shape index (κ2) is 12.7. The van der Waals surface area contributed by atoms with Crippen LogP contribution in [0.3, 0.4) is 0 Å². The predicted octanol–water partition coefficient (Wildman–Crippen LogP) is 2.95. The lowest BCUT2D eigenvalue weighted by Gasteiger charge is -2.25. The van der Waals surface area contributed by atoms with E-state index in [4.69, 9.17) is 10.5 Å². The van der Waals surface area contributed by atoms with Crippen molar-refractivity contribution in [3.05, 3.63) is 76.5 Å². The molecule has 0 saturated carbocycles. The zero-order valence-corrected chi connectivity index (χ0v) is 26.1. The maximum atomic E-state index is 13.8. The van der Waals surface area contributed by atoms with Gasteiger partial charge in [-0.3, -0.25) is 9.59 Å². The van der Waals surface area contributed by atoms with Crippen LogP contribution in [0.25, 0.3) is 11.0 Å². The molecule has 1 unspecified atom stereocenters. The van der Waals surface area contributed by atoms with E-state index in [1.54, 1.807) is 6.07 Å². The Morgan fingerprint density at radius 3 is 2.68 bits per heavy atom. The molecule has 0 aliphatic carbocycles. The van der Waals surface area contributed by atoms with Crippen molar-refractivity contribution in [3.63, 3.8) is 0 Å². The first-order valence-electron chi connectivity index (χ1n) is 14.6. The van der Waals surface area contributed by atoms with Gasteiger partial charge in [0.1, 0.15) is 16.5 Å². The highest BCUT2D eigenvalue weighted by atomic mass is 32.2. The van der Waals surface area contributed by atoms with Gasteiger partial charge in [-0.25, -0.2) is 18.1 Å². The zero-order chi connectivity index (χ0) is 31.6. The minimum atomic E-state index is -3.91. The Kier molecular flexibility index (Phi) is 8.97. The first-order chi connectivity index (χ1) is 21.0. The summed E-state index contributed by atoms with van der Waals surface area (Å²) in [4.78, 5) is 28.6. The second-order valence-electron chi connectivity index (χ2n) is 11.0. The van der Waals surface area contributed by atoms with Crippen molar-refractivity contribution >= 4 is 32.9 Å². The van der Waals surface area contributed by atoms with Crippen LogP contribution in [0.4, 0.5) is 0 Å². The quantitative estimate of drug-likeness (QED) is 0.274. The molecule has 0 fully saturated rings. The molecule has 2 amide bonds. The number of pyridine rings is 1. The number of amides is 2. The summed E-state index contributed by atoms with van der Waals surface area (Å²) >= 11 is 0. The van der Waals surface area contributed by atoms with Crippen molar-refractivity contribution < 1.29 is 22.7 Å². The average molecular weight is 620 g/mol. The van der Waals surface area contributed by atoms with Gasteiger partial charge in [-0.1, -0.05) is 36.4 Å². The molecule has 2 aromatic heterocycles. The van der Waals surface area contributed by atoms with Gasteiger partial charge in [0, 0.05) is 31.6 Å². The van der Waals surface area contributed by atoms with E-state index in [9.17, 15) is 18.0 Å². The van der Waals surface area contributed by atoms with Crippen LogP contribution in [0, 0.1) is 13.8 Å². The monoisotopic (exact) mass is 619 g/mol. The lowest BCUT2D eigenvalue weighted by molar-refractivity contribution is -0.124. The van der Waals surface area contributed by atoms with E-state index in [-0.39, 0.29) is 48.8 Å². The molecule has 0 radical (unpaired) electrons. The zero-order valence-electron chi connectivity index (χ0n) is 25.3. The Labute approximate surface area is 256 Å². The van der Waals surface area contributed by atoms with E-state index in [0.717, 1.165) is 38.9 Å². The fraction of sp³-hybridized carbons (Fsp3) is 0.387. The highest BCUT2D eigenvalue weighted by molar-refractivity contribution is 7.89. The smallest absolute Gasteiger partial charge is 0.248 e. The van der Waals surface area contributed by atoms with Gasteiger partial charge in [-0.15, -0.1) is 5.10 Å². The number of primary amides is 1. The molecule has 0 bridgehead atoms. The third-order valence-corrected chi connectivity index (χ3v) is 9.95. The van der Waals surface area contributed by atoms with Crippen molar-refractivity contribution in [2.45, 2.75) is 70.5 Å². The number of rotatable bonds is 10. The number of hydrogen-bond donors (Lipinski definition) is 2. The third-order valence-electron chi connectivity index (χ3n) is 8.12. The first-order valence-corrected chi connectivity index (χ1v) is 16.1. The van der Waals surface area contributed by atoms with E-state index >= 15 is 0 Å². The Hall–Kier alpha value is -4.36. The van der Waals surface area contributed by atoms with Crippen molar-refractivity contribution in [1.29, 1.82) is 0 Å². The Bertz CT molecular complexity index is 1820. The lowest BCUT2D eigenvalue weighted by atomic mass is 9.84. The molecule has 13 heteroatoms. The largest absolute Gasteiger partial charge is 0.472 e. The average Bonchev–Trinajstić information content (AvgIpc) is 3.39. The number of aryl methyl sites for hydroxylation is 3. The molecule has 2 aromatic carbocycles. The van der Waals surface area contributed by atoms with Crippen molar-refractivity contribution in [1.82, 2.24) is 29.6 Å². The van der Waals surface area contributed by atoms with Crippen LogP contribution in [0.5, 0.6) is 5.88 Å². The maximum Gasteiger partial charge on any atom is 0.248 e. The molecule has 4 aromatic rings. The third kappa shape index (κ3) is 6.15. The topological polar surface area (TPSA) is 162 Å². The Balaban J connectivity index is 1.56. The van der Waals surface area contributed by atoms with E-state index in [1.807, 2.05) is 62.7 Å². The lowest BCUT2D eigenvalue weighted by Crippen LogP contribution is -2.36. The standard InChI is InChI=1S/C31H37N7O5S/c1-5-23-18-37(44(41,42)27-8-7-13-33-31(27)43-23)17-22-14-21(10-9-19(22)3)25(15-29(40)34-16-28(32)39)24-11-12-26-30(20(24)4)35-36-38(26)6-2/h7-14,23,25H,5-6,15-18H2,1-4H3,(H2,32,39)(H,34,40)/t23-,25?/m1/s1. The molecule has 0 spiro atoms.